The molecular weight excluding hydrogens is 346 g/mol. The van der Waals surface area contributed by atoms with Crippen molar-refractivity contribution in [2.24, 2.45) is 7.05 Å². The van der Waals surface area contributed by atoms with Gasteiger partial charge in [0.05, 0.1) is 22.0 Å². The topological polar surface area (TPSA) is 109 Å². The highest BCUT2D eigenvalue weighted by Gasteiger charge is 2.15. The molecule has 0 radical (unpaired) electrons. The molecular formula is C16H14ClN5O3. The lowest BCUT2D eigenvalue weighted by atomic mass is 10.2. The minimum atomic E-state index is -0.800. The lowest BCUT2D eigenvalue weighted by Crippen LogP contribution is -2.34. The zero-order valence-electron chi connectivity index (χ0n) is 13.4. The number of anilines is 1. The first-order chi connectivity index (χ1) is 11.9. The molecule has 3 N–H and O–H groups in total. The number of amides is 3. The van der Waals surface area contributed by atoms with Gasteiger partial charge in [0.1, 0.15) is 0 Å². The Morgan fingerprint density at radius 2 is 2.08 bits per heavy atom. The number of imide groups is 1. The Labute approximate surface area is 147 Å². The maximum Gasteiger partial charge on any atom is 0.326 e. The first kappa shape index (κ1) is 16.7. The number of carbonyl (C=O) groups is 2. The lowest BCUT2D eigenvalue weighted by molar-refractivity contribution is 0.0967. The lowest BCUT2D eigenvalue weighted by Gasteiger charge is -2.09. The van der Waals surface area contributed by atoms with Crippen LogP contribution >= 0.6 is 11.6 Å². The van der Waals surface area contributed by atoms with Gasteiger partial charge in [-0.3, -0.25) is 14.8 Å². The van der Waals surface area contributed by atoms with Crippen molar-refractivity contribution in [2.45, 2.75) is 6.92 Å². The molecule has 0 bridgehead atoms. The highest BCUT2D eigenvalue weighted by atomic mass is 35.5. The van der Waals surface area contributed by atoms with E-state index >= 15 is 0 Å². The van der Waals surface area contributed by atoms with Crippen LogP contribution < -0.4 is 10.6 Å². The van der Waals surface area contributed by atoms with Gasteiger partial charge in [0.25, 0.3) is 5.91 Å². The van der Waals surface area contributed by atoms with E-state index in [9.17, 15) is 14.7 Å². The molecule has 8 nitrogen and oxygen atoms in total. The molecule has 0 saturated carbocycles. The molecule has 2 aromatic heterocycles. The minimum absolute atomic E-state index is 0.0887. The Hall–Kier alpha value is -3.13. The van der Waals surface area contributed by atoms with Crippen molar-refractivity contribution in [3.8, 4) is 5.75 Å². The minimum Gasteiger partial charge on any atom is -0.504 e. The van der Waals surface area contributed by atoms with E-state index in [1.807, 2.05) is 0 Å². The second kappa shape index (κ2) is 6.40. The van der Waals surface area contributed by atoms with Crippen molar-refractivity contribution in [3.63, 3.8) is 0 Å². The van der Waals surface area contributed by atoms with Gasteiger partial charge in [0.15, 0.2) is 11.4 Å². The average Bonchev–Trinajstić information content (AvgIpc) is 2.86. The third-order valence-electron chi connectivity index (χ3n) is 3.59. The van der Waals surface area contributed by atoms with Crippen molar-refractivity contribution in [2.75, 3.05) is 5.32 Å². The maximum atomic E-state index is 12.2. The maximum absolute atomic E-state index is 12.2. The number of fused-ring (bicyclic) bond motifs is 1. The number of hydrogen-bond donors (Lipinski definition) is 3. The van der Waals surface area contributed by atoms with Gasteiger partial charge in [-0.2, -0.15) is 5.10 Å². The Balaban J connectivity index is 1.76. The SMILES string of the molecule is Cc1nn(C)c2ncc(C(=O)NC(=O)Nc3cccc(Cl)c3O)cc12. The molecule has 3 amide bonds. The third kappa shape index (κ3) is 3.24. The highest BCUT2D eigenvalue weighted by molar-refractivity contribution is 6.32. The summed E-state index contributed by atoms with van der Waals surface area (Å²) >= 11 is 5.77. The molecule has 2 heterocycles. The predicted octanol–water partition coefficient (Wildman–Crippen LogP) is 2.60. The standard InChI is InChI=1S/C16H14ClN5O3/c1-8-10-6-9(7-18-14(10)22(2)21-8)15(24)20-16(25)19-12-5-3-4-11(17)13(12)23/h3-7,23H,1-2H3,(H2,19,20,24,25). The van der Waals surface area contributed by atoms with Crippen LogP contribution in [0.4, 0.5) is 10.5 Å². The number of phenolic OH excluding ortho intramolecular Hbond substituents is 1. The second-order valence-electron chi connectivity index (χ2n) is 5.35. The fraction of sp³-hybridized carbons (Fsp3) is 0.125. The number of aromatic hydroxyl groups is 1. The highest BCUT2D eigenvalue weighted by Crippen LogP contribution is 2.30. The molecule has 128 valence electrons. The van der Waals surface area contributed by atoms with Crippen LogP contribution in [0, 0.1) is 6.92 Å². The van der Waals surface area contributed by atoms with Crippen LogP contribution in [0.3, 0.4) is 0 Å². The number of rotatable bonds is 2. The van der Waals surface area contributed by atoms with E-state index < -0.39 is 11.9 Å². The summed E-state index contributed by atoms with van der Waals surface area (Å²) in [6, 6.07) is 5.30. The molecule has 0 fully saturated rings. The number of pyridine rings is 1. The first-order valence-corrected chi connectivity index (χ1v) is 7.64. The van der Waals surface area contributed by atoms with Crippen molar-refractivity contribution < 1.29 is 14.7 Å². The fourth-order valence-electron chi connectivity index (χ4n) is 2.38. The number of aromatic nitrogens is 3. The summed E-state index contributed by atoms with van der Waals surface area (Å²) in [5, 5.41) is 19.3. The molecule has 0 aliphatic carbocycles. The van der Waals surface area contributed by atoms with Crippen molar-refractivity contribution >= 4 is 40.3 Å². The summed E-state index contributed by atoms with van der Waals surface area (Å²) in [6.45, 7) is 1.81. The molecule has 0 unspecified atom stereocenters. The third-order valence-corrected chi connectivity index (χ3v) is 3.89. The van der Waals surface area contributed by atoms with Crippen LogP contribution in [-0.2, 0) is 7.05 Å². The number of hydrogen-bond acceptors (Lipinski definition) is 5. The van der Waals surface area contributed by atoms with Gasteiger partial charge < -0.3 is 10.4 Å². The van der Waals surface area contributed by atoms with E-state index in [4.69, 9.17) is 11.6 Å². The normalized spacial score (nSPS) is 10.7. The molecule has 0 aliphatic heterocycles. The van der Waals surface area contributed by atoms with Crippen LogP contribution in [0.15, 0.2) is 30.5 Å². The van der Waals surface area contributed by atoms with E-state index in [2.05, 4.69) is 20.7 Å². The number of halogens is 1. The van der Waals surface area contributed by atoms with Gasteiger partial charge in [0.2, 0.25) is 0 Å². The summed E-state index contributed by atoms with van der Waals surface area (Å²) in [5.74, 6) is -0.905. The van der Waals surface area contributed by atoms with Crippen molar-refractivity contribution in [1.29, 1.82) is 0 Å². The number of nitrogens with one attached hydrogen (secondary N) is 2. The van der Waals surface area contributed by atoms with Crippen LogP contribution in [-0.4, -0.2) is 31.8 Å². The van der Waals surface area contributed by atoms with Crippen molar-refractivity contribution in [3.05, 3.63) is 46.7 Å². The number of aryl methyl sites for hydroxylation is 2. The van der Waals surface area contributed by atoms with E-state index in [0.29, 0.717) is 5.65 Å². The van der Waals surface area contributed by atoms with E-state index in [1.54, 1.807) is 30.8 Å². The van der Waals surface area contributed by atoms with Gasteiger partial charge in [0, 0.05) is 18.6 Å². The first-order valence-electron chi connectivity index (χ1n) is 7.26. The molecule has 0 saturated heterocycles. The van der Waals surface area contributed by atoms with E-state index in [-0.39, 0.29) is 22.0 Å². The molecule has 3 aromatic rings. The Morgan fingerprint density at radius 1 is 1.32 bits per heavy atom. The summed E-state index contributed by atoms with van der Waals surface area (Å²) in [7, 11) is 1.76. The van der Waals surface area contributed by atoms with Crippen LogP contribution in [0.2, 0.25) is 5.02 Å². The molecule has 0 atom stereocenters. The predicted molar refractivity (Wildman–Crippen MR) is 92.8 cm³/mol. The second-order valence-corrected chi connectivity index (χ2v) is 5.76. The monoisotopic (exact) mass is 359 g/mol. The number of benzene rings is 1. The smallest absolute Gasteiger partial charge is 0.326 e. The number of urea groups is 1. The van der Waals surface area contributed by atoms with E-state index in [1.165, 1.54) is 18.3 Å². The molecule has 0 spiro atoms. The number of phenols is 1. The summed E-state index contributed by atoms with van der Waals surface area (Å²) in [5.41, 5.74) is 1.68. The Kier molecular flexibility index (Phi) is 4.28. The average molecular weight is 360 g/mol. The van der Waals surface area contributed by atoms with Crippen molar-refractivity contribution in [1.82, 2.24) is 20.1 Å². The Morgan fingerprint density at radius 3 is 2.84 bits per heavy atom. The molecule has 1 aromatic carbocycles. The summed E-state index contributed by atoms with van der Waals surface area (Å²) < 4.78 is 1.61. The van der Waals surface area contributed by atoms with Gasteiger partial charge in [-0.1, -0.05) is 17.7 Å². The van der Waals surface area contributed by atoms with Gasteiger partial charge in [-0.05, 0) is 25.1 Å². The van der Waals surface area contributed by atoms with Crippen LogP contribution in [0.1, 0.15) is 16.1 Å². The van der Waals surface area contributed by atoms with Gasteiger partial charge in [-0.15, -0.1) is 0 Å². The van der Waals surface area contributed by atoms with Crippen LogP contribution in [0.5, 0.6) is 5.75 Å². The summed E-state index contributed by atoms with van der Waals surface area (Å²) in [4.78, 5) is 28.4. The van der Waals surface area contributed by atoms with Gasteiger partial charge in [-0.25, -0.2) is 9.78 Å². The fourth-order valence-corrected chi connectivity index (χ4v) is 2.55. The Bertz CT molecular complexity index is 999. The molecule has 9 heteroatoms. The number of carbonyl (C=O) groups excluding carboxylic acids is 2. The van der Waals surface area contributed by atoms with Crippen LogP contribution in [0.25, 0.3) is 11.0 Å². The zero-order chi connectivity index (χ0) is 18.1. The number of para-hydroxylation sites is 1. The molecule has 25 heavy (non-hydrogen) atoms. The summed E-state index contributed by atoms with van der Waals surface area (Å²) in [6.07, 6.45) is 1.36. The molecule has 3 rings (SSSR count). The van der Waals surface area contributed by atoms with E-state index in [0.717, 1.165) is 11.1 Å². The zero-order valence-corrected chi connectivity index (χ0v) is 14.1. The largest absolute Gasteiger partial charge is 0.504 e. The quantitative estimate of drug-likeness (QED) is 0.609. The molecule has 0 aliphatic rings. The van der Waals surface area contributed by atoms with Gasteiger partial charge >= 0.3 is 6.03 Å². The number of nitrogens with zero attached hydrogens (tertiary/aromatic N) is 3.